The van der Waals surface area contributed by atoms with Crippen molar-refractivity contribution in [3.63, 3.8) is 0 Å². The molecule has 5 rings (SSSR count). The number of hydrogen-bond donors (Lipinski definition) is 1. The number of carbonyl (C=O) groups excluding carboxylic acids is 1. The first kappa shape index (κ1) is 23.6. The molecule has 36 heavy (non-hydrogen) atoms. The van der Waals surface area contributed by atoms with Crippen molar-refractivity contribution in [1.82, 2.24) is 20.1 Å². The lowest BCUT2D eigenvalue weighted by Gasteiger charge is -2.09. The van der Waals surface area contributed by atoms with Gasteiger partial charge in [-0.3, -0.25) is 4.79 Å². The van der Waals surface area contributed by atoms with Crippen LogP contribution in [-0.4, -0.2) is 33.8 Å². The predicted molar refractivity (Wildman–Crippen MR) is 143 cm³/mol. The Kier molecular flexibility index (Phi) is 6.96. The molecule has 0 unspecified atom stereocenters. The lowest BCUT2D eigenvalue weighted by Crippen LogP contribution is -2.30. The summed E-state index contributed by atoms with van der Waals surface area (Å²) in [5.41, 5.74) is 5.51. The highest BCUT2D eigenvalue weighted by Gasteiger charge is 2.18. The quantitative estimate of drug-likeness (QED) is 0.295. The van der Waals surface area contributed by atoms with Gasteiger partial charge in [-0.15, -0.1) is 0 Å². The SMILES string of the molecule is Cc1cc(OCC(=O)NCCc2ccc(Cl)cc2)nc2c1c(-c1ccccc1)nn2-c1ccccc1. The third kappa shape index (κ3) is 5.24. The van der Waals surface area contributed by atoms with Crippen molar-refractivity contribution < 1.29 is 9.53 Å². The zero-order chi connectivity index (χ0) is 24.9. The maximum atomic E-state index is 12.4. The third-order valence-electron chi connectivity index (χ3n) is 5.86. The number of nitrogens with one attached hydrogen (secondary N) is 1. The zero-order valence-corrected chi connectivity index (χ0v) is 20.6. The van der Waals surface area contributed by atoms with E-state index in [4.69, 9.17) is 26.4 Å². The molecular weight excluding hydrogens is 472 g/mol. The van der Waals surface area contributed by atoms with Crippen molar-refractivity contribution in [2.75, 3.05) is 13.2 Å². The lowest BCUT2D eigenvalue weighted by atomic mass is 10.1. The van der Waals surface area contributed by atoms with Crippen LogP contribution in [0.25, 0.3) is 28.0 Å². The first-order chi connectivity index (χ1) is 17.6. The van der Waals surface area contributed by atoms with Crippen LogP contribution in [-0.2, 0) is 11.2 Å². The average Bonchev–Trinajstić information content (AvgIpc) is 3.30. The van der Waals surface area contributed by atoms with Crippen LogP contribution in [0.2, 0.25) is 5.02 Å². The van der Waals surface area contributed by atoms with Crippen LogP contribution in [0, 0.1) is 6.92 Å². The molecule has 0 saturated carbocycles. The molecule has 0 fully saturated rings. The van der Waals surface area contributed by atoms with Crippen LogP contribution < -0.4 is 10.1 Å². The van der Waals surface area contributed by atoms with E-state index in [2.05, 4.69) is 5.32 Å². The van der Waals surface area contributed by atoms with E-state index in [0.717, 1.165) is 33.5 Å². The molecule has 0 atom stereocenters. The molecule has 0 saturated heterocycles. The summed E-state index contributed by atoms with van der Waals surface area (Å²) in [6.07, 6.45) is 0.713. The average molecular weight is 497 g/mol. The minimum Gasteiger partial charge on any atom is -0.468 e. The summed E-state index contributed by atoms with van der Waals surface area (Å²) in [7, 11) is 0. The van der Waals surface area contributed by atoms with E-state index in [1.165, 1.54) is 0 Å². The number of para-hydroxylation sites is 1. The van der Waals surface area contributed by atoms with Gasteiger partial charge in [-0.25, -0.2) is 4.68 Å². The molecule has 0 radical (unpaired) electrons. The van der Waals surface area contributed by atoms with Crippen LogP contribution in [0.15, 0.2) is 91.0 Å². The highest BCUT2D eigenvalue weighted by atomic mass is 35.5. The summed E-state index contributed by atoms with van der Waals surface area (Å²) in [5.74, 6) is 0.176. The monoisotopic (exact) mass is 496 g/mol. The molecule has 180 valence electrons. The fraction of sp³-hybridized carbons (Fsp3) is 0.138. The van der Waals surface area contributed by atoms with Gasteiger partial charge in [0.05, 0.1) is 11.1 Å². The minimum atomic E-state index is -0.204. The Morgan fingerprint density at radius 2 is 1.67 bits per heavy atom. The van der Waals surface area contributed by atoms with Crippen LogP contribution in [0.4, 0.5) is 0 Å². The molecule has 2 aromatic heterocycles. The van der Waals surface area contributed by atoms with E-state index >= 15 is 0 Å². The number of rotatable bonds is 8. The number of halogens is 1. The number of benzene rings is 3. The van der Waals surface area contributed by atoms with E-state index in [-0.39, 0.29) is 12.5 Å². The second-order valence-corrected chi connectivity index (χ2v) is 8.89. The third-order valence-corrected chi connectivity index (χ3v) is 6.11. The van der Waals surface area contributed by atoms with E-state index in [9.17, 15) is 4.79 Å². The number of carbonyl (C=O) groups is 1. The summed E-state index contributed by atoms with van der Waals surface area (Å²) in [6, 6.07) is 29.4. The van der Waals surface area contributed by atoms with Crippen molar-refractivity contribution in [2.45, 2.75) is 13.3 Å². The molecular formula is C29H25ClN4O2. The molecule has 7 heteroatoms. The maximum absolute atomic E-state index is 12.4. The van der Waals surface area contributed by atoms with Crippen molar-refractivity contribution in [3.05, 3.63) is 107 Å². The lowest BCUT2D eigenvalue weighted by molar-refractivity contribution is -0.123. The topological polar surface area (TPSA) is 69.0 Å². The van der Waals surface area contributed by atoms with Gasteiger partial charge in [-0.2, -0.15) is 10.1 Å². The molecule has 5 aromatic rings. The van der Waals surface area contributed by atoms with Crippen LogP contribution >= 0.6 is 11.6 Å². The Balaban J connectivity index is 1.36. The number of amides is 1. The molecule has 0 bridgehead atoms. The standard InChI is InChI=1S/C29H25ClN4O2/c1-20-18-26(36-19-25(35)31-17-16-21-12-14-23(30)15-13-21)32-29-27(20)28(22-8-4-2-5-9-22)33-34(29)24-10-6-3-7-11-24/h2-15,18H,16-17,19H2,1H3,(H,31,35). The van der Waals surface area contributed by atoms with Gasteiger partial charge in [-0.1, -0.05) is 72.3 Å². The smallest absolute Gasteiger partial charge is 0.258 e. The second-order valence-electron chi connectivity index (χ2n) is 8.45. The predicted octanol–water partition coefficient (Wildman–Crippen LogP) is 5.79. The fourth-order valence-corrected chi connectivity index (χ4v) is 4.20. The molecule has 1 N–H and O–H groups in total. The number of aryl methyl sites for hydroxylation is 1. The molecule has 0 aliphatic carbocycles. The van der Waals surface area contributed by atoms with Gasteiger partial charge in [0.25, 0.3) is 5.91 Å². The molecule has 0 aliphatic rings. The minimum absolute atomic E-state index is 0.121. The summed E-state index contributed by atoms with van der Waals surface area (Å²) >= 11 is 5.92. The first-order valence-electron chi connectivity index (χ1n) is 11.7. The Morgan fingerprint density at radius 1 is 0.972 bits per heavy atom. The van der Waals surface area contributed by atoms with E-state index in [1.54, 1.807) is 0 Å². The fourth-order valence-electron chi connectivity index (χ4n) is 4.08. The summed E-state index contributed by atoms with van der Waals surface area (Å²) < 4.78 is 7.62. The van der Waals surface area contributed by atoms with E-state index < -0.39 is 0 Å². The first-order valence-corrected chi connectivity index (χ1v) is 12.1. The maximum Gasteiger partial charge on any atom is 0.258 e. The number of hydrogen-bond acceptors (Lipinski definition) is 4. The molecule has 0 spiro atoms. The van der Waals surface area contributed by atoms with Gasteiger partial charge in [0.2, 0.25) is 5.88 Å². The van der Waals surface area contributed by atoms with Gasteiger partial charge in [-0.05, 0) is 48.7 Å². The van der Waals surface area contributed by atoms with Crippen LogP contribution in [0.3, 0.4) is 0 Å². The van der Waals surface area contributed by atoms with Crippen molar-refractivity contribution in [1.29, 1.82) is 0 Å². The van der Waals surface area contributed by atoms with Gasteiger partial charge < -0.3 is 10.1 Å². The Morgan fingerprint density at radius 3 is 2.39 bits per heavy atom. The van der Waals surface area contributed by atoms with E-state index in [0.29, 0.717) is 29.5 Å². The molecule has 0 aliphatic heterocycles. The van der Waals surface area contributed by atoms with Crippen LogP contribution in [0.5, 0.6) is 5.88 Å². The number of aromatic nitrogens is 3. The highest BCUT2D eigenvalue weighted by molar-refractivity contribution is 6.30. The van der Waals surface area contributed by atoms with Crippen molar-refractivity contribution in [3.8, 4) is 22.8 Å². The van der Waals surface area contributed by atoms with Gasteiger partial charge in [0.15, 0.2) is 12.3 Å². The number of fused-ring (bicyclic) bond motifs is 1. The normalized spacial score (nSPS) is 10.9. The van der Waals surface area contributed by atoms with Crippen molar-refractivity contribution >= 4 is 28.5 Å². The summed E-state index contributed by atoms with van der Waals surface area (Å²) in [6.45, 7) is 2.40. The Labute approximate surface area is 214 Å². The summed E-state index contributed by atoms with van der Waals surface area (Å²) in [5, 5.41) is 9.44. The van der Waals surface area contributed by atoms with Gasteiger partial charge >= 0.3 is 0 Å². The molecule has 2 heterocycles. The van der Waals surface area contributed by atoms with E-state index in [1.807, 2.05) is 103 Å². The van der Waals surface area contributed by atoms with Gasteiger partial charge in [0.1, 0.15) is 5.69 Å². The Hall–Kier alpha value is -4.16. The molecule has 3 aromatic carbocycles. The molecule has 1 amide bonds. The Bertz CT molecular complexity index is 1480. The number of nitrogens with zero attached hydrogens (tertiary/aromatic N) is 3. The number of pyridine rings is 1. The second kappa shape index (κ2) is 10.6. The van der Waals surface area contributed by atoms with Crippen LogP contribution in [0.1, 0.15) is 11.1 Å². The summed E-state index contributed by atoms with van der Waals surface area (Å²) in [4.78, 5) is 17.1. The molecule has 6 nitrogen and oxygen atoms in total. The highest BCUT2D eigenvalue weighted by Crippen LogP contribution is 2.33. The largest absolute Gasteiger partial charge is 0.468 e. The van der Waals surface area contributed by atoms with Crippen molar-refractivity contribution in [2.24, 2.45) is 0 Å². The zero-order valence-electron chi connectivity index (χ0n) is 19.8. The number of ether oxygens (including phenoxy) is 1. The van der Waals surface area contributed by atoms with Gasteiger partial charge in [0, 0.05) is 23.2 Å².